The van der Waals surface area contributed by atoms with Crippen molar-refractivity contribution in [3.63, 3.8) is 0 Å². The van der Waals surface area contributed by atoms with Crippen LogP contribution in [-0.4, -0.2) is 10.1 Å². The molecule has 0 radical (unpaired) electrons. The predicted octanol–water partition coefficient (Wildman–Crippen LogP) is 5.72. The average Bonchev–Trinajstić information content (AvgIpc) is 3.09. The summed E-state index contributed by atoms with van der Waals surface area (Å²) in [6, 6.07) is 19.7. The minimum atomic E-state index is -1.44. The van der Waals surface area contributed by atoms with E-state index < -0.39 is 11.2 Å². The van der Waals surface area contributed by atoms with Gasteiger partial charge in [0.2, 0.25) is 0 Å². The molecule has 0 bridgehead atoms. The Balaban J connectivity index is 1.82. The number of hydrogen-bond acceptors (Lipinski definition) is 3. The number of fused-ring (bicyclic) bond motifs is 3. The van der Waals surface area contributed by atoms with Crippen LogP contribution in [0.4, 0.5) is 0 Å². The smallest absolute Gasteiger partial charge is 0.179 e. The van der Waals surface area contributed by atoms with Crippen molar-refractivity contribution in [2.24, 2.45) is 0 Å². The molecular formula is C23H17BrClNO2. The number of rotatable bonds is 2. The lowest BCUT2D eigenvalue weighted by atomic mass is 9.72. The molecule has 3 atom stereocenters. The lowest BCUT2D eigenvalue weighted by Gasteiger charge is -2.39. The summed E-state index contributed by atoms with van der Waals surface area (Å²) >= 11 is 9.67. The maximum atomic E-state index is 12.1. The highest BCUT2D eigenvalue weighted by molar-refractivity contribution is 9.10. The summed E-state index contributed by atoms with van der Waals surface area (Å²) in [7, 11) is 0. The Kier molecular flexibility index (Phi) is 3.96. The van der Waals surface area contributed by atoms with Crippen molar-refractivity contribution < 1.29 is 9.84 Å². The fourth-order valence-corrected chi connectivity index (χ4v) is 5.10. The first-order valence-electron chi connectivity index (χ1n) is 9.03. The van der Waals surface area contributed by atoms with Crippen LogP contribution in [-0.2, 0) is 11.2 Å². The van der Waals surface area contributed by atoms with Crippen LogP contribution in [0.5, 0.6) is 5.75 Å². The zero-order valence-corrected chi connectivity index (χ0v) is 17.2. The molecule has 1 aliphatic carbocycles. The molecule has 1 aliphatic heterocycles. The third-order valence-corrected chi connectivity index (χ3v) is 6.63. The Morgan fingerprint density at radius 2 is 1.86 bits per heavy atom. The van der Waals surface area contributed by atoms with E-state index in [9.17, 15) is 5.11 Å². The fourth-order valence-electron chi connectivity index (χ4n) is 4.69. The molecule has 0 unspecified atom stereocenters. The van der Waals surface area contributed by atoms with Gasteiger partial charge in [0.1, 0.15) is 11.4 Å². The van der Waals surface area contributed by atoms with E-state index in [-0.39, 0.29) is 5.92 Å². The third-order valence-electron chi connectivity index (χ3n) is 5.90. The molecule has 0 spiro atoms. The molecule has 1 aromatic heterocycles. The van der Waals surface area contributed by atoms with E-state index >= 15 is 0 Å². The van der Waals surface area contributed by atoms with Crippen LogP contribution in [0.1, 0.15) is 29.2 Å². The number of ether oxygens (including phenoxy) is 1. The van der Waals surface area contributed by atoms with E-state index in [2.05, 4.69) is 39.6 Å². The average molecular weight is 455 g/mol. The summed E-state index contributed by atoms with van der Waals surface area (Å²) in [5, 5.41) is 12.6. The molecule has 1 N–H and O–H groups in total. The summed E-state index contributed by atoms with van der Waals surface area (Å²) in [5.41, 5.74) is 0.621. The summed E-state index contributed by atoms with van der Waals surface area (Å²) in [6.45, 7) is 4.24. The van der Waals surface area contributed by atoms with Crippen LogP contribution >= 0.6 is 27.5 Å². The van der Waals surface area contributed by atoms with Gasteiger partial charge in [-0.1, -0.05) is 76.6 Å². The van der Waals surface area contributed by atoms with Gasteiger partial charge in [-0.15, -0.1) is 0 Å². The van der Waals surface area contributed by atoms with Gasteiger partial charge in [-0.2, -0.15) is 0 Å². The van der Waals surface area contributed by atoms with Crippen molar-refractivity contribution in [2.75, 3.05) is 0 Å². The maximum Gasteiger partial charge on any atom is 0.179 e. The molecule has 2 aliphatic rings. The fraction of sp³-hybridized carbons (Fsp3) is 0.174. The van der Waals surface area contributed by atoms with E-state index in [1.807, 2.05) is 42.5 Å². The van der Waals surface area contributed by atoms with E-state index in [1.54, 1.807) is 12.3 Å². The quantitative estimate of drug-likeness (QED) is 0.504. The molecule has 2 heterocycles. The van der Waals surface area contributed by atoms with Gasteiger partial charge in [-0.05, 0) is 35.3 Å². The van der Waals surface area contributed by atoms with E-state index in [0.717, 1.165) is 15.6 Å². The second kappa shape index (κ2) is 6.18. The van der Waals surface area contributed by atoms with E-state index in [4.69, 9.17) is 16.3 Å². The number of hydrogen-bond donors (Lipinski definition) is 1. The minimum Gasteiger partial charge on any atom is -0.476 e. The summed E-state index contributed by atoms with van der Waals surface area (Å²) in [4.78, 5) is 4.46. The predicted molar refractivity (Wildman–Crippen MR) is 113 cm³/mol. The van der Waals surface area contributed by atoms with Gasteiger partial charge in [0, 0.05) is 22.7 Å². The summed E-state index contributed by atoms with van der Waals surface area (Å²) in [5.74, 6) is 0.375. The second-order valence-electron chi connectivity index (χ2n) is 7.33. The lowest BCUT2D eigenvalue weighted by molar-refractivity contribution is -0.0883. The van der Waals surface area contributed by atoms with Gasteiger partial charge in [0.25, 0.3) is 0 Å². The lowest BCUT2D eigenvalue weighted by Crippen LogP contribution is -2.48. The van der Waals surface area contributed by atoms with Crippen LogP contribution < -0.4 is 4.74 Å². The Bertz CT molecular complexity index is 1090. The van der Waals surface area contributed by atoms with Crippen molar-refractivity contribution in [1.29, 1.82) is 0 Å². The molecule has 2 aromatic carbocycles. The highest BCUT2D eigenvalue weighted by atomic mass is 79.9. The number of nitrogens with zero attached hydrogens (tertiary/aromatic N) is 1. The van der Waals surface area contributed by atoms with Crippen LogP contribution in [0.25, 0.3) is 0 Å². The van der Waals surface area contributed by atoms with Gasteiger partial charge >= 0.3 is 0 Å². The van der Waals surface area contributed by atoms with Crippen LogP contribution in [0.2, 0.25) is 5.02 Å². The summed E-state index contributed by atoms with van der Waals surface area (Å²) < 4.78 is 7.55. The normalized spacial score (nSPS) is 28.0. The first-order chi connectivity index (χ1) is 13.5. The van der Waals surface area contributed by atoms with Crippen molar-refractivity contribution in [2.45, 2.75) is 23.5 Å². The Morgan fingerprint density at radius 1 is 1.14 bits per heavy atom. The first kappa shape index (κ1) is 17.9. The van der Waals surface area contributed by atoms with Gasteiger partial charge < -0.3 is 9.84 Å². The van der Waals surface area contributed by atoms with Gasteiger partial charge in [0.15, 0.2) is 11.2 Å². The minimum absolute atomic E-state index is 0.125. The van der Waals surface area contributed by atoms with Crippen molar-refractivity contribution in [3.05, 3.63) is 105 Å². The number of aliphatic hydroxyl groups is 1. The highest BCUT2D eigenvalue weighted by Gasteiger charge is 2.71. The van der Waals surface area contributed by atoms with E-state index in [0.29, 0.717) is 28.5 Å². The Morgan fingerprint density at radius 3 is 2.57 bits per heavy atom. The molecular weight excluding hydrogens is 438 g/mol. The van der Waals surface area contributed by atoms with Crippen LogP contribution in [0.15, 0.2) is 83.5 Å². The summed E-state index contributed by atoms with van der Waals surface area (Å²) in [6.07, 6.45) is 2.14. The monoisotopic (exact) mass is 453 g/mol. The molecule has 3 aromatic rings. The topological polar surface area (TPSA) is 42.4 Å². The Hall–Kier alpha value is -2.14. The SMILES string of the molecule is C=C1C[C@@H](c2ccccc2)[C@]2(c3ccc(Br)cc3)Oc3cc(Cl)cnc3[C@@]12O. The molecule has 1 fully saturated rings. The van der Waals surface area contributed by atoms with Crippen LogP contribution in [0.3, 0.4) is 0 Å². The molecule has 1 saturated carbocycles. The zero-order chi connectivity index (χ0) is 19.5. The largest absolute Gasteiger partial charge is 0.476 e. The molecule has 5 rings (SSSR count). The maximum absolute atomic E-state index is 12.1. The van der Waals surface area contributed by atoms with Crippen molar-refractivity contribution in [1.82, 2.24) is 4.98 Å². The van der Waals surface area contributed by atoms with Gasteiger partial charge in [0.05, 0.1) is 5.02 Å². The molecule has 0 amide bonds. The van der Waals surface area contributed by atoms with Crippen molar-refractivity contribution in [3.8, 4) is 5.75 Å². The van der Waals surface area contributed by atoms with E-state index in [1.165, 1.54) is 0 Å². The highest BCUT2D eigenvalue weighted by Crippen LogP contribution is 2.67. The molecule has 28 heavy (non-hydrogen) atoms. The molecule has 0 saturated heterocycles. The Labute approximate surface area is 176 Å². The number of halogens is 2. The molecule has 3 nitrogen and oxygen atoms in total. The third kappa shape index (κ3) is 2.22. The zero-order valence-electron chi connectivity index (χ0n) is 14.9. The molecule has 5 heteroatoms. The number of pyridine rings is 1. The number of aromatic nitrogens is 1. The van der Waals surface area contributed by atoms with Crippen molar-refractivity contribution >= 4 is 27.5 Å². The standard InChI is InChI=1S/C23H17BrClNO2/c1-14-11-19(15-5-3-2-4-6-15)23(16-7-9-17(24)10-8-16)22(14,27)21-20(28-23)12-18(25)13-26-21/h2-10,12-13,19,27H,1,11H2/t19-,22-,23-/m0/s1. The van der Waals surface area contributed by atoms with Gasteiger partial charge in [-0.25, -0.2) is 0 Å². The first-order valence-corrected chi connectivity index (χ1v) is 10.2. The van der Waals surface area contributed by atoms with Crippen LogP contribution in [0, 0.1) is 0 Å². The molecule has 140 valence electrons. The van der Waals surface area contributed by atoms with Gasteiger partial charge in [-0.3, -0.25) is 4.98 Å². The number of benzene rings is 2. The second-order valence-corrected chi connectivity index (χ2v) is 8.68.